The van der Waals surface area contributed by atoms with Crippen molar-refractivity contribution in [3.05, 3.63) is 10.4 Å². The van der Waals surface area contributed by atoms with E-state index in [2.05, 4.69) is 23.2 Å². The highest BCUT2D eigenvalue weighted by Gasteiger charge is 2.43. The molecule has 3 unspecified atom stereocenters. The average molecular weight is 453 g/mol. The van der Waals surface area contributed by atoms with Crippen LogP contribution in [0.15, 0.2) is 5.11 Å². The number of hydrogen-bond donors (Lipinski definition) is 4. The molecule has 0 amide bonds. The first-order valence-electron chi connectivity index (χ1n) is 7.22. The lowest BCUT2D eigenvalue weighted by atomic mass is 9.96. The van der Waals surface area contributed by atoms with Crippen LogP contribution in [-0.2, 0) is 36.3 Å². The van der Waals surface area contributed by atoms with E-state index >= 15 is 0 Å². The third-order valence-electron chi connectivity index (χ3n) is 2.93. The Morgan fingerprint density at radius 2 is 1.81 bits per heavy atom. The summed E-state index contributed by atoms with van der Waals surface area (Å²) in [5.41, 5.74) is 7.26. The summed E-state index contributed by atoms with van der Waals surface area (Å²) in [6.45, 7) is 2.31. The minimum absolute atomic E-state index is 0.328. The van der Waals surface area contributed by atoms with Gasteiger partial charge in [0.15, 0.2) is 0 Å². The smallest absolute Gasteiger partial charge is 0.379 e. The quantitative estimate of drug-likeness (QED) is 0.117. The van der Waals surface area contributed by atoms with Crippen molar-refractivity contribution in [2.24, 2.45) is 5.11 Å². The molecular formula is C8H19BN3O12P3. The fourth-order valence-corrected chi connectivity index (χ4v) is 5.19. The summed E-state index contributed by atoms with van der Waals surface area (Å²) in [6.07, 6.45) is -1.32. The van der Waals surface area contributed by atoms with Gasteiger partial charge in [0.2, 0.25) is 0 Å². The molecule has 1 fully saturated rings. The Morgan fingerprint density at radius 1 is 1.22 bits per heavy atom. The Bertz CT molecular complexity index is 723. The van der Waals surface area contributed by atoms with Crippen molar-refractivity contribution in [2.75, 3.05) is 6.61 Å². The van der Waals surface area contributed by atoms with Crippen molar-refractivity contribution < 1.29 is 55.9 Å². The zero-order valence-corrected chi connectivity index (χ0v) is 17.1. The molecule has 19 heteroatoms. The molecule has 0 aromatic carbocycles. The summed E-state index contributed by atoms with van der Waals surface area (Å²) in [5, 5.41) is 3.44. The molecule has 15 nitrogen and oxygen atoms in total. The molecule has 1 saturated heterocycles. The summed E-state index contributed by atoms with van der Waals surface area (Å²) in [5.74, 6) is 0. The second-order valence-corrected chi connectivity index (χ2v) is 10.3. The Hall–Kier alpha value is -0.295. The third kappa shape index (κ3) is 9.64. The lowest BCUT2D eigenvalue weighted by Gasteiger charge is -2.27. The topological polar surface area (TPSA) is 227 Å². The molecule has 1 heterocycles. The molecule has 5 atom stereocenters. The summed E-state index contributed by atoms with van der Waals surface area (Å²) in [4.78, 5) is 38.1. The van der Waals surface area contributed by atoms with Gasteiger partial charge < -0.3 is 29.0 Å². The molecule has 0 bridgehead atoms. The maximum Gasteiger partial charge on any atom is 0.490 e. The fraction of sp³-hybridized carbons (Fsp3) is 1.00. The Labute approximate surface area is 154 Å². The Balaban J connectivity index is 2.73. The second-order valence-electron chi connectivity index (χ2n) is 5.90. The first-order valence-corrected chi connectivity index (χ1v) is 11.7. The summed E-state index contributed by atoms with van der Waals surface area (Å²) in [7, 11) is -14.6. The van der Waals surface area contributed by atoms with Crippen LogP contribution in [0.3, 0.4) is 0 Å². The molecule has 0 radical (unpaired) electrons. The molecule has 4 N–H and O–H groups in total. The molecule has 0 aromatic heterocycles. The van der Waals surface area contributed by atoms with Gasteiger partial charge in [-0.05, 0) is 25.8 Å². The van der Waals surface area contributed by atoms with Gasteiger partial charge in [-0.15, -0.1) is 0 Å². The number of phosphoric acid groups is 3. The average Bonchev–Trinajstić information content (AvgIpc) is 2.71. The van der Waals surface area contributed by atoms with Crippen molar-refractivity contribution in [1.29, 1.82) is 0 Å². The number of hydrogen-bond acceptors (Lipinski definition) is 9. The molecular weight excluding hydrogens is 434 g/mol. The molecule has 0 saturated carbocycles. The van der Waals surface area contributed by atoms with E-state index in [1.807, 2.05) is 0 Å². The largest absolute Gasteiger partial charge is 0.490 e. The Kier molecular flexibility index (Phi) is 8.27. The fourth-order valence-electron chi connectivity index (χ4n) is 2.16. The van der Waals surface area contributed by atoms with Gasteiger partial charge in [0.05, 0.1) is 12.7 Å². The summed E-state index contributed by atoms with van der Waals surface area (Å²) >= 11 is 0. The van der Waals surface area contributed by atoms with Gasteiger partial charge in [-0.1, -0.05) is 5.11 Å². The molecule has 0 spiro atoms. The van der Waals surface area contributed by atoms with E-state index in [4.69, 9.17) is 29.7 Å². The number of nitrogens with zero attached hydrogens (tertiary/aromatic N) is 3. The Morgan fingerprint density at radius 3 is 2.33 bits per heavy atom. The highest BCUT2D eigenvalue weighted by Crippen LogP contribution is 2.66. The molecule has 1 aliphatic rings. The molecule has 1 aliphatic heterocycles. The second kappa shape index (κ2) is 9.02. The maximum absolute atomic E-state index is 11.7. The van der Waals surface area contributed by atoms with Crippen LogP contribution in [0.5, 0.6) is 0 Å². The summed E-state index contributed by atoms with van der Waals surface area (Å²) < 4.78 is 56.3. The van der Waals surface area contributed by atoms with Crippen LogP contribution in [0.4, 0.5) is 0 Å². The van der Waals surface area contributed by atoms with E-state index < -0.39 is 48.0 Å². The molecule has 0 aliphatic carbocycles. The van der Waals surface area contributed by atoms with Gasteiger partial charge in [0.25, 0.3) is 0 Å². The SMILES string of the molecule is B[C@H]1CC(OC(C)(C)N=[N+]=[N-])[C@@H](COP(=O)(O)OP(=O)(O)OP(=O)(O)O)O1. The lowest BCUT2D eigenvalue weighted by Crippen LogP contribution is -2.36. The minimum atomic E-state index is -5.60. The van der Waals surface area contributed by atoms with Gasteiger partial charge in [-0.3, -0.25) is 4.52 Å². The van der Waals surface area contributed by atoms with Crippen LogP contribution in [-0.4, -0.2) is 58.0 Å². The molecule has 27 heavy (non-hydrogen) atoms. The highest BCUT2D eigenvalue weighted by molar-refractivity contribution is 7.66. The van der Waals surface area contributed by atoms with Crippen molar-refractivity contribution in [2.45, 2.75) is 44.2 Å². The van der Waals surface area contributed by atoms with E-state index in [9.17, 15) is 18.6 Å². The zero-order chi connectivity index (χ0) is 21.1. The van der Waals surface area contributed by atoms with Crippen molar-refractivity contribution in [1.82, 2.24) is 0 Å². The van der Waals surface area contributed by atoms with Crippen LogP contribution in [0.1, 0.15) is 20.3 Å². The van der Waals surface area contributed by atoms with E-state index in [0.29, 0.717) is 6.42 Å². The van der Waals surface area contributed by atoms with Crippen LogP contribution < -0.4 is 0 Å². The number of ether oxygens (including phenoxy) is 2. The van der Waals surface area contributed by atoms with Gasteiger partial charge >= 0.3 is 23.5 Å². The number of rotatable bonds is 10. The first-order chi connectivity index (χ1) is 12.0. The van der Waals surface area contributed by atoms with E-state index in [0.717, 1.165) is 0 Å². The first kappa shape index (κ1) is 24.7. The van der Waals surface area contributed by atoms with E-state index in [1.165, 1.54) is 13.8 Å². The van der Waals surface area contributed by atoms with Crippen LogP contribution in [0, 0.1) is 0 Å². The third-order valence-corrected chi connectivity index (χ3v) is 6.73. The van der Waals surface area contributed by atoms with Crippen LogP contribution >= 0.6 is 23.5 Å². The predicted octanol–water partition coefficient (Wildman–Crippen LogP) is 0.509. The predicted molar refractivity (Wildman–Crippen MR) is 89.7 cm³/mol. The van der Waals surface area contributed by atoms with Crippen molar-refractivity contribution in [3.8, 4) is 0 Å². The normalized spacial score (nSPS) is 28.1. The molecule has 156 valence electrons. The van der Waals surface area contributed by atoms with Gasteiger partial charge in [-0.2, -0.15) is 8.62 Å². The number of phosphoric ester groups is 1. The van der Waals surface area contributed by atoms with Crippen LogP contribution in [0.2, 0.25) is 0 Å². The van der Waals surface area contributed by atoms with E-state index in [-0.39, 0.29) is 6.00 Å². The van der Waals surface area contributed by atoms with Crippen LogP contribution in [0.25, 0.3) is 10.4 Å². The maximum atomic E-state index is 11.7. The van der Waals surface area contributed by atoms with Gasteiger partial charge in [-0.25, -0.2) is 13.7 Å². The van der Waals surface area contributed by atoms with Crippen molar-refractivity contribution >= 4 is 31.3 Å². The van der Waals surface area contributed by atoms with E-state index in [1.54, 1.807) is 7.85 Å². The monoisotopic (exact) mass is 453 g/mol. The van der Waals surface area contributed by atoms with Crippen molar-refractivity contribution in [3.63, 3.8) is 0 Å². The zero-order valence-electron chi connectivity index (χ0n) is 14.4. The van der Waals surface area contributed by atoms with Gasteiger partial charge in [0.1, 0.15) is 19.7 Å². The molecule has 1 rings (SSSR count). The number of azide groups is 1. The summed E-state index contributed by atoms with van der Waals surface area (Å²) in [6, 6.07) is -0.341. The minimum Gasteiger partial charge on any atom is -0.379 e. The van der Waals surface area contributed by atoms with Gasteiger partial charge in [0, 0.05) is 10.9 Å². The highest BCUT2D eigenvalue weighted by atomic mass is 31.3. The lowest BCUT2D eigenvalue weighted by molar-refractivity contribution is -0.103. The molecule has 0 aromatic rings. The standard InChI is InChI=1S/C8H19BN3O12P3/c1-8(2,11-12-10)22-5-3-7(9)21-6(5)4-20-26(16,17)24-27(18,19)23-25(13,14)15/h5-7H,3-4,9H2,1-2H3,(H,16,17)(H,18,19)(H2,13,14,15)/t5?,6-,7-/m1/s1.